The molecule has 12 rings (SSSR count). The standard InChI is InChI=1S/C32H35N5O11S.C29H27N2O10P.C15H19N3O5S/c1-17-26-25(18(2)38)30(40)35(26)27(31(41)47-15-19-5-9-21(10-6-19)36(43)44)28(17)49-23-13-24(29(39)33(3)4)34(14-23)32(42)48-16-20-7-11-22(12-8-20)37(45)46;1-18-25-24(19(2)32)28(33)30(25)26(29(34)38-17-20-13-15-21(16-14-20)31(35)36)27(18)41-42(37,39-22-9-5-3-6-10-22)40-23-11-7-4-8-12-23;1-16(2)14(19)13-7-12(24)8-17(13)15(20)23-9-10-3-5-11(6-4-10)18(21)22/h5-12,17-18,23-26,38H,13-16H2,1-4H3;3-16,18-19,24-25,32H,17H2,1-2H3;3-6,12-13,24H,7-9H2,1-2H3/t17-,18-,23+,24+,25-,26-;18-,19-,24-,25-;12-,13-/m110/s1. The number of amides is 6. The maximum Gasteiger partial charge on any atom is 0.646 e. The van der Waals surface area contributed by atoms with E-state index in [2.05, 4.69) is 12.6 Å². The van der Waals surface area contributed by atoms with Crippen LogP contribution in [0.1, 0.15) is 62.8 Å². The normalized spacial score (nSPS) is 21.6. The van der Waals surface area contributed by atoms with Crippen LogP contribution in [0.5, 0.6) is 11.5 Å². The molecule has 0 bridgehead atoms. The molecule has 0 spiro atoms. The van der Waals surface area contributed by atoms with Crippen LogP contribution in [-0.2, 0) is 83.2 Å². The molecule has 6 aliphatic rings. The number of likely N-dealkylation sites (tertiary alicyclic amines) is 2. The summed E-state index contributed by atoms with van der Waals surface area (Å²) >= 11 is 5.62. The lowest BCUT2D eigenvalue weighted by molar-refractivity contribution is -0.385. The van der Waals surface area contributed by atoms with E-state index in [1.165, 1.54) is 152 Å². The van der Waals surface area contributed by atoms with Crippen molar-refractivity contribution < 1.29 is 105 Å². The van der Waals surface area contributed by atoms with Crippen molar-refractivity contribution in [1.82, 2.24) is 29.4 Å². The van der Waals surface area contributed by atoms with E-state index in [0.717, 1.165) is 0 Å². The van der Waals surface area contributed by atoms with Gasteiger partial charge < -0.3 is 57.4 Å². The Hall–Kier alpha value is -12.0. The molecule has 115 heavy (non-hydrogen) atoms. The van der Waals surface area contributed by atoms with Crippen LogP contribution in [-0.4, -0.2) is 195 Å². The number of fused-ring (bicyclic) bond motifs is 2. The maximum atomic E-state index is 14.2. The fourth-order valence-corrected chi connectivity index (χ4v) is 17.0. The Balaban J connectivity index is 0.000000193. The quantitative estimate of drug-likeness (QED) is 0.00864. The molecule has 6 aliphatic heterocycles. The molecular formula is C76H81N10O26PS2. The first kappa shape index (κ1) is 85.4. The number of phosphoric acid groups is 1. The minimum Gasteiger partial charge on any atom is -0.456 e. The summed E-state index contributed by atoms with van der Waals surface area (Å²) in [7, 11) is 1.86. The molecule has 12 atom stereocenters. The van der Waals surface area contributed by atoms with Crippen molar-refractivity contribution in [2.75, 3.05) is 41.3 Å². The number of aliphatic hydroxyl groups is 2. The van der Waals surface area contributed by atoms with E-state index < -0.39 is 123 Å². The third-order valence-electron chi connectivity index (χ3n) is 19.5. The van der Waals surface area contributed by atoms with E-state index >= 15 is 0 Å². The summed E-state index contributed by atoms with van der Waals surface area (Å²) in [6, 6.07) is 35.9. The van der Waals surface area contributed by atoms with Crippen LogP contribution in [0, 0.1) is 64.1 Å². The third-order valence-corrected chi connectivity index (χ3v) is 22.7. The Morgan fingerprint density at radius 1 is 0.504 bits per heavy atom. The van der Waals surface area contributed by atoms with E-state index in [0.29, 0.717) is 40.1 Å². The van der Waals surface area contributed by atoms with E-state index in [-0.39, 0.29) is 114 Å². The number of aliphatic hydroxyl groups excluding tert-OH is 2. The van der Waals surface area contributed by atoms with Crippen molar-refractivity contribution in [2.45, 2.75) is 114 Å². The fourth-order valence-electron chi connectivity index (χ4n) is 13.8. The summed E-state index contributed by atoms with van der Waals surface area (Å²) in [5, 5.41) is 63.7. The number of ether oxygens (including phenoxy) is 4. The Labute approximate surface area is 667 Å². The largest absolute Gasteiger partial charge is 0.646 e. The number of benzene rings is 6. The molecule has 0 saturated carbocycles. The van der Waals surface area contributed by atoms with Gasteiger partial charge in [0.15, 0.2) is 5.70 Å². The molecular weight excluding hydrogens is 1560 g/mol. The number of likely N-dealkylation sites (N-methyl/N-ethyl adjacent to an activating group) is 2. The highest BCUT2D eigenvalue weighted by Gasteiger charge is 2.63. The maximum absolute atomic E-state index is 14.2. The molecule has 0 radical (unpaired) electrons. The summed E-state index contributed by atoms with van der Waals surface area (Å²) in [5.41, 5.74) is 1.46. The first-order valence-electron chi connectivity index (χ1n) is 35.8. The predicted octanol–water partition coefficient (Wildman–Crippen LogP) is 9.90. The lowest BCUT2D eigenvalue weighted by Crippen LogP contribution is -2.63. The highest BCUT2D eigenvalue weighted by atomic mass is 32.2. The van der Waals surface area contributed by atoms with E-state index in [1.807, 2.05) is 6.92 Å². The summed E-state index contributed by atoms with van der Waals surface area (Å²) in [4.78, 5) is 154. The van der Waals surface area contributed by atoms with Gasteiger partial charge in [-0.1, -0.05) is 50.2 Å². The van der Waals surface area contributed by atoms with Crippen LogP contribution in [0.3, 0.4) is 0 Å². The molecule has 4 fully saturated rings. The number of thiol groups is 1. The van der Waals surface area contributed by atoms with Gasteiger partial charge >= 0.3 is 31.9 Å². The number of nitro benzene ring substituents is 4. The van der Waals surface area contributed by atoms with Crippen LogP contribution < -0.4 is 9.05 Å². The highest BCUT2D eigenvalue weighted by Crippen LogP contribution is 2.58. The number of β-lactam (4-membered cyclic amide) rings is 2. The molecule has 608 valence electrons. The molecule has 4 saturated heterocycles. The number of carbonyl (C=O) groups is 8. The monoisotopic (exact) mass is 1640 g/mol. The number of nitro groups is 4. The molecule has 2 N–H and O–H groups in total. The van der Waals surface area contributed by atoms with Crippen molar-refractivity contribution in [3.05, 3.63) is 242 Å². The number of carbonyl (C=O) groups excluding carboxylic acids is 8. The number of nitrogens with zero attached hydrogens (tertiary/aromatic N) is 10. The zero-order chi connectivity index (χ0) is 83.6. The van der Waals surface area contributed by atoms with E-state index in [9.17, 15) is 93.6 Å². The van der Waals surface area contributed by atoms with Crippen molar-refractivity contribution in [1.29, 1.82) is 0 Å². The Morgan fingerprint density at radius 2 is 0.843 bits per heavy atom. The van der Waals surface area contributed by atoms with Crippen LogP contribution in [0.2, 0.25) is 0 Å². The molecule has 6 heterocycles. The van der Waals surface area contributed by atoms with E-state index in [1.54, 1.807) is 95.8 Å². The second-order valence-electron chi connectivity index (χ2n) is 27.9. The average molecular weight is 1650 g/mol. The molecule has 0 aliphatic carbocycles. The Kier molecular flexibility index (Phi) is 27.4. The Bertz CT molecular complexity index is 4750. The number of phosphoric ester groups is 1. The Morgan fingerprint density at radius 3 is 1.21 bits per heavy atom. The molecule has 6 amide bonds. The van der Waals surface area contributed by atoms with Crippen molar-refractivity contribution in [3.63, 3.8) is 0 Å². The van der Waals surface area contributed by atoms with Gasteiger partial charge in [-0.3, -0.25) is 74.3 Å². The minimum absolute atomic E-state index is 0.0204. The smallest absolute Gasteiger partial charge is 0.456 e. The SMILES string of the molecule is CN(C)C(=O)[C@@H]1C[C@H](S)CN1C(=O)OCc1ccc([N+](=O)[O-])cc1.C[C@@H](O)[C@H]1C(=O)N2C(C(=O)OCc3ccc([N+](=O)[O-])cc3)=C(OP(=O)(Oc3ccccc3)Oc3ccccc3)[C@H](C)[C@H]12.C[C@@H](O)[C@H]1C(=O)N2C(C(=O)OCc3ccc([N+](=O)[O-])cc3)=C(S[C@H]3C[C@@H](C(=O)N(C)C)N(C(=O)OCc4ccc([N+](=O)[O-])cc4)C3)[C@H](C)[C@H]12. The lowest BCUT2D eigenvalue weighted by Gasteiger charge is -2.46. The fraction of sp³-hybridized carbons (Fsp3) is 0.368. The molecule has 6 aromatic rings. The van der Waals surface area contributed by atoms with Crippen LogP contribution >= 0.6 is 32.2 Å². The van der Waals surface area contributed by atoms with Gasteiger partial charge in [0.05, 0.1) is 55.8 Å². The van der Waals surface area contributed by atoms with Crippen LogP contribution in [0.25, 0.3) is 0 Å². The van der Waals surface area contributed by atoms with Crippen molar-refractivity contribution in [2.24, 2.45) is 23.7 Å². The molecule has 0 aromatic heterocycles. The topological polar surface area (TPSA) is 451 Å². The molecule has 39 heteroatoms. The number of rotatable bonds is 26. The summed E-state index contributed by atoms with van der Waals surface area (Å²) < 4.78 is 53.3. The minimum atomic E-state index is -4.54. The number of thioether (sulfide) groups is 1. The lowest BCUT2D eigenvalue weighted by atomic mass is 9.79. The van der Waals surface area contributed by atoms with Gasteiger partial charge in [-0.05, 0) is 122 Å². The number of hydrogen-bond donors (Lipinski definition) is 3. The van der Waals surface area contributed by atoms with E-state index in [4.69, 9.17) is 32.5 Å². The van der Waals surface area contributed by atoms with Gasteiger partial charge in [-0.2, -0.15) is 17.2 Å². The average Bonchev–Trinajstić information content (AvgIpc) is 1.56. The predicted molar refractivity (Wildman–Crippen MR) is 411 cm³/mol. The second-order valence-corrected chi connectivity index (χ2v) is 31.4. The number of para-hydroxylation sites is 2. The van der Waals surface area contributed by atoms with Gasteiger partial charge in [0.2, 0.25) is 23.6 Å². The van der Waals surface area contributed by atoms with Gasteiger partial charge in [0.25, 0.3) is 22.7 Å². The van der Waals surface area contributed by atoms with Crippen molar-refractivity contribution in [3.8, 4) is 11.5 Å². The van der Waals surface area contributed by atoms with Crippen LogP contribution in [0.4, 0.5) is 32.3 Å². The van der Waals surface area contributed by atoms with Crippen molar-refractivity contribution >= 4 is 103 Å². The zero-order valence-corrected chi connectivity index (χ0v) is 65.7. The zero-order valence-electron chi connectivity index (χ0n) is 63.1. The van der Waals surface area contributed by atoms with Gasteiger partial charge in [0, 0.05) is 117 Å². The summed E-state index contributed by atoms with van der Waals surface area (Å²) in [6.07, 6.45) is -2.64. The molecule has 0 unspecified atom stereocenters. The number of hydrogen-bond acceptors (Lipinski definition) is 28. The second kappa shape index (κ2) is 36.9. The number of non-ortho nitro benzene ring substituents is 4. The first-order valence-corrected chi connectivity index (χ1v) is 38.6. The highest BCUT2D eigenvalue weighted by molar-refractivity contribution is 8.03. The molecule has 6 aromatic carbocycles. The first-order chi connectivity index (χ1) is 54.6. The summed E-state index contributed by atoms with van der Waals surface area (Å²) in [5.74, 6) is -5.64. The van der Waals surface area contributed by atoms with Gasteiger partial charge in [0.1, 0.15) is 61.5 Å². The third kappa shape index (κ3) is 19.8. The molecule has 36 nitrogen and oxygen atoms in total. The summed E-state index contributed by atoms with van der Waals surface area (Å²) in [6.45, 7) is 6.23. The van der Waals surface area contributed by atoms with Gasteiger partial charge in [-0.25, -0.2) is 19.2 Å². The number of esters is 2. The van der Waals surface area contributed by atoms with Crippen LogP contribution in [0.15, 0.2) is 180 Å². The van der Waals surface area contributed by atoms with Gasteiger partial charge in [-0.15, -0.1) is 11.8 Å².